The number of hydrogen-bond donors (Lipinski definition) is 1. The molecule has 26 heavy (non-hydrogen) atoms. The first-order chi connectivity index (χ1) is 12.5. The lowest BCUT2D eigenvalue weighted by molar-refractivity contribution is -0.123. The van der Waals surface area contributed by atoms with E-state index in [1.807, 2.05) is 12.1 Å². The molecule has 0 bridgehead atoms. The first-order valence-electron chi connectivity index (χ1n) is 7.94. The van der Waals surface area contributed by atoms with Crippen LogP contribution in [0.25, 0.3) is 0 Å². The van der Waals surface area contributed by atoms with E-state index in [0.717, 1.165) is 4.47 Å². The summed E-state index contributed by atoms with van der Waals surface area (Å²) in [5.41, 5.74) is 0.345. The maximum atomic E-state index is 14.3. The first-order valence-corrected chi connectivity index (χ1v) is 8.73. The highest BCUT2D eigenvalue weighted by Gasteiger charge is 2.23. The second-order valence-electron chi connectivity index (χ2n) is 5.66. The van der Waals surface area contributed by atoms with Crippen LogP contribution in [0.4, 0.5) is 4.39 Å². The van der Waals surface area contributed by atoms with Crippen LogP contribution in [0.5, 0.6) is 5.75 Å². The zero-order valence-electron chi connectivity index (χ0n) is 14.0. The number of rotatable bonds is 6. The summed E-state index contributed by atoms with van der Waals surface area (Å²) in [6, 6.07) is 12.8. The number of imidazole rings is 1. The molecule has 1 amide bonds. The van der Waals surface area contributed by atoms with E-state index in [1.165, 1.54) is 6.07 Å². The quantitative estimate of drug-likeness (QED) is 0.666. The summed E-state index contributed by atoms with van der Waals surface area (Å²) in [5.74, 6) is 0.315. The fourth-order valence-corrected chi connectivity index (χ4v) is 2.93. The molecular formula is C19H17BrFN3O2. The van der Waals surface area contributed by atoms with Crippen LogP contribution in [0.3, 0.4) is 0 Å². The molecule has 0 aliphatic carbocycles. The molecule has 5 nitrogen and oxygen atoms in total. The Balaban J connectivity index is 1.77. The molecule has 1 atom stereocenters. The Morgan fingerprint density at radius 3 is 2.81 bits per heavy atom. The fraction of sp³-hybridized carbons (Fsp3) is 0.158. The normalized spacial score (nSPS) is 11.8. The molecule has 0 aliphatic heterocycles. The Morgan fingerprint density at radius 2 is 2.12 bits per heavy atom. The maximum absolute atomic E-state index is 14.3. The van der Waals surface area contributed by atoms with E-state index in [9.17, 15) is 9.18 Å². The maximum Gasteiger partial charge on any atom is 0.258 e. The summed E-state index contributed by atoms with van der Waals surface area (Å²) in [5, 5.41) is 2.80. The molecule has 0 aliphatic rings. The van der Waals surface area contributed by atoms with Crippen molar-refractivity contribution in [3.63, 3.8) is 0 Å². The highest BCUT2D eigenvalue weighted by Crippen LogP contribution is 2.23. The summed E-state index contributed by atoms with van der Waals surface area (Å²) < 4.78 is 22.4. The summed E-state index contributed by atoms with van der Waals surface area (Å²) in [7, 11) is 1.79. The van der Waals surface area contributed by atoms with E-state index in [-0.39, 0.29) is 12.5 Å². The molecule has 7 heteroatoms. The lowest BCUT2D eigenvalue weighted by Gasteiger charge is -2.20. The van der Waals surface area contributed by atoms with E-state index < -0.39 is 11.9 Å². The molecule has 0 saturated carbocycles. The summed E-state index contributed by atoms with van der Waals surface area (Å²) in [6.45, 7) is -0.189. The second-order valence-corrected chi connectivity index (χ2v) is 6.58. The van der Waals surface area contributed by atoms with E-state index in [0.29, 0.717) is 17.1 Å². The molecule has 1 heterocycles. The third-order valence-corrected chi connectivity index (χ3v) is 4.30. The smallest absolute Gasteiger partial charge is 0.258 e. The Kier molecular flexibility index (Phi) is 5.68. The van der Waals surface area contributed by atoms with Crippen molar-refractivity contribution in [3.8, 4) is 5.75 Å². The number of hydrogen-bond acceptors (Lipinski definition) is 3. The summed E-state index contributed by atoms with van der Waals surface area (Å²) in [4.78, 5) is 16.6. The Labute approximate surface area is 159 Å². The highest BCUT2D eigenvalue weighted by molar-refractivity contribution is 9.10. The van der Waals surface area contributed by atoms with Crippen LogP contribution in [-0.2, 0) is 11.8 Å². The van der Waals surface area contributed by atoms with Crippen molar-refractivity contribution in [1.82, 2.24) is 14.9 Å². The molecule has 0 radical (unpaired) electrons. The third-order valence-electron chi connectivity index (χ3n) is 3.80. The van der Waals surface area contributed by atoms with E-state index >= 15 is 0 Å². The molecule has 1 aromatic heterocycles. The van der Waals surface area contributed by atoms with Crippen molar-refractivity contribution >= 4 is 21.8 Å². The number of nitrogens with zero attached hydrogens (tertiary/aromatic N) is 2. The number of aryl methyl sites for hydroxylation is 1. The van der Waals surface area contributed by atoms with Crippen LogP contribution < -0.4 is 10.1 Å². The van der Waals surface area contributed by atoms with Crippen molar-refractivity contribution in [2.24, 2.45) is 7.05 Å². The SMILES string of the molecule is Cn1ccnc1[C@@H](NC(=O)COc1cccc(Br)c1)c1ccccc1F. The van der Waals surface area contributed by atoms with Gasteiger partial charge in [0.05, 0.1) is 0 Å². The van der Waals surface area contributed by atoms with Crippen LogP contribution in [0.15, 0.2) is 65.4 Å². The van der Waals surface area contributed by atoms with Crippen molar-refractivity contribution < 1.29 is 13.9 Å². The molecule has 2 aromatic carbocycles. The van der Waals surface area contributed by atoms with Gasteiger partial charge in [0.15, 0.2) is 6.61 Å². The third kappa shape index (κ3) is 4.29. The van der Waals surface area contributed by atoms with Gasteiger partial charge in [-0.05, 0) is 24.3 Å². The fourth-order valence-electron chi connectivity index (χ4n) is 2.55. The number of aromatic nitrogens is 2. The zero-order chi connectivity index (χ0) is 18.5. The Morgan fingerprint density at radius 1 is 1.31 bits per heavy atom. The molecule has 0 unspecified atom stereocenters. The minimum absolute atomic E-state index is 0.189. The van der Waals surface area contributed by atoms with Gasteiger partial charge in [-0.25, -0.2) is 9.37 Å². The molecule has 0 fully saturated rings. The van der Waals surface area contributed by atoms with Gasteiger partial charge in [0.25, 0.3) is 5.91 Å². The Bertz CT molecular complexity index is 913. The highest BCUT2D eigenvalue weighted by atomic mass is 79.9. The summed E-state index contributed by atoms with van der Waals surface area (Å²) >= 11 is 3.35. The molecular weight excluding hydrogens is 401 g/mol. The standard InChI is InChI=1S/C19H17BrFN3O2/c1-24-10-9-22-19(24)18(15-7-2-3-8-16(15)21)23-17(25)12-26-14-6-4-5-13(20)11-14/h2-11,18H,12H2,1H3,(H,23,25)/t18-/m0/s1. The minimum atomic E-state index is -0.713. The van der Waals surface area contributed by atoms with Crippen LogP contribution in [0.2, 0.25) is 0 Å². The van der Waals surface area contributed by atoms with Crippen molar-refractivity contribution in [2.45, 2.75) is 6.04 Å². The zero-order valence-corrected chi connectivity index (χ0v) is 15.6. The minimum Gasteiger partial charge on any atom is -0.484 e. The van der Waals surface area contributed by atoms with E-state index in [1.54, 1.807) is 54.3 Å². The largest absolute Gasteiger partial charge is 0.484 e. The molecule has 134 valence electrons. The van der Waals surface area contributed by atoms with Gasteiger partial charge in [0.2, 0.25) is 0 Å². The number of ether oxygens (including phenoxy) is 1. The van der Waals surface area contributed by atoms with E-state index in [2.05, 4.69) is 26.2 Å². The number of benzene rings is 2. The number of nitrogens with one attached hydrogen (secondary N) is 1. The molecule has 3 aromatic rings. The van der Waals surface area contributed by atoms with Gasteiger partial charge >= 0.3 is 0 Å². The van der Waals surface area contributed by atoms with Gasteiger partial charge in [0, 0.05) is 29.5 Å². The predicted molar refractivity (Wildman–Crippen MR) is 99.2 cm³/mol. The van der Waals surface area contributed by atoms with Crippen molar-refractivity contribution in [3.05, 3.63) is 82.6 Å². The van der Waals surface area contributed by atoms with Gasteiger partial charge in [-0.15, -0.1) is 0 Å². The predicted octanol–water partition coefficient (Wildman–Crippen LogP) is 3.61. The average Bonchev–Trinajstić information content (AvgIpc) is 3.04. The molecule has 0 saturated heterocycles. The van der Waals surface area contributed by atoms with Gasteiger partial charge in [0.1, 0.15) is 23.4 Å². The topological polar surface area (TPSA) is 56.2 Å². The molecule has 3 rings (SSSR count). The monoisotopic (exact) mass is 417 g/mol. The number of amides is 1. The van der Waals surface area contributed by atoms with Crippen LogP contribution >= 0.6 is 15.9 Å². The summed E-state index contributed by atoms with van der Waals surface area (Å²) in [6.07, 6.45) is 3.35. The molecule has 0 spiro atoms. The molecule has 1 N–H and O–H groups in total. The average molecular weight is 418 g/mol. The number of halogens is 2. The van der Waals surface area contributed by atoms with Crippen LogP contribution in [0.1, 0.15) is 17.4 Å². The lowest BCUT2D eigenvalue weighted by atomic mass is 10.1. The van der Waals surface area contributed by atoms with Gasteiger partial charge in [-0.3, -0.25) is 4.79 Å². The van der Waals surface area contributed by atoms with Crippen LogP contribution in [0, 0.1) is 5.82 Å². The van der Waals surface area contributed by atoms with Crippen molar-refractivity contribution in [1.29, 1.82) is 0 Å². The van der Waals surface area contributed by atoms with Gasteiger partial charge in [-0.2, -0.15) is 0 Å². The van der Waals surface area contributed by atoms with E-state index in [4.69, 9.17) is 4.74 Å². The first kappa shape index (κ1) is 18.1. The number of carbonyl (C=O) groups is 1. The Hall–Kier alpha value is -2.67. The van der Waals surface area contributed by atoms with Crippen molar-refractivity contribution in [2.75, 3.05) is 6.61 Å². The van der Waals surface area contributed by atoms with Crippen LogP contribution in [-0.4, -0.2) is 22.1 Å². The number of carbonyl (C=O) groups excluding carboxylic acids is 1. The van der Waals surface area contributed by atoms with Gasteiger partial charge < -0.3 is 14.6 Å². The lowest BCUT2D eigenvalue weighted by Crippen LogP contribution is -2.35. The second kappa shape index (κ2) is 8.14. The van der Waals surface area contributed by atoms with Gasteiger partial charge in [-0.1, -0.05) is 40.2 Å².